The molecule has 146 valence electrons. The van der Waals surface area contributed by atoms with Crippen LogP contribution >= 0.6 is 11.3 Å². The van der Waals surface area contributed by atoms with E-state index in [2.05, 4.69) is 24.1 Å². The Morgan fingerprint density at radius 1 is 1.22 bits per heavy atom. The van der Waals surface area contributed by atoms with Crippen molar-refractivity contribution in [1.29, 1.82) is 0 Å². The average Bonchev–Trinajstić information content (AvgIpc) is 3.28. The van der Waals surface area contributed by atoms with Gasteiger partial charge in [0.05, 0.1) is 27.4 Å². The Kier molecular flexibility index (Phi) is 6.01. The molecule has 1 N–H and O–H groups in total. The number of hydrogen-bond donors (Lipinski definition) is 1. The molecule has 2 aromatic rings. The second-order valence-electron chi connectivity index (χ2n) is 7.41. The van der Waals surface area contributed by atoms with Gasteiger partial charge in [-0.15, -0.1) is 11.3 Å². The van der Waals surface area contributed by atoms with Gasteiger partial charge in [-0.3, -0.25) is 4.79 Å². The Morgan fingerprint density at radius 2 is 1.96 bits per heavy atom. The fourth-order valence-electron chi connectivity index (χ4n) is 3.24. The van der Waals surface area contributed by atoms with Crippen LogP contribution in [-0.4, -0.2) is 25.1 Å². The molecule has 1 atom stereocenters. The van der Waals surface area contributed by atoms with Gasteiger partial charge in [0.15, 0.2) is 9.84 Å². The van der Waals surface area contributed by atoms with E-state index in [1.165, 1.54) is 5.56 Å². The number of carbonyl (C=O) groups is 1. The van der Waals surface area contributed by atoms with Gasteiger partial charge >= 0.3 is 0 Å². The minimum absolute atomic E-state index is 0.0507. The average molecular weight is 407 g/mol. The van der Waals surface area contributed by atoms with E-state index in [1.54, 1.807) is 23.5 Å². The highest BCUT2D eigenvalue weighted by Crippen LogP contribution is 2.26. The number of rotatable bonds is 7. The van der Waals surface area contributed by atoms with E-state index < -0.39 is 9.84 Å². The van der Waals surface area contributed by atoms with Gasteiger partial charge in [0.1, 0.15) is 0 Å². The lowest BCUT2D eigenvalue weighted by Crippen LogP contribution is -2.28. The maximum atomic E-state index is 12.6. The number of nitrogens with zero attached hydrogens (tertiary/aromatic N) is 1. The minimum Gasteiger partial charge on any atom is -0.348 e. The van der Waals surface area contributed by atoms with Crippen molar-refractivity contribution in [2.75, 3.05) is 5.75 Å². The zero-order chi connectivity index (χ0) is 19.6. The summed E-state index contributed by atoms with van der Waals surface area (Å²) < 4.78 is 25.2. The first-order chi connectivity index (χ1) is 12.8. The number of nitrogens with one attached hydrogen (secondary N) is 1. The molecule has 1 aromatic heterocycles. The van der Waals surface area contributed by atoms with Crippen LogP contribution in [-0.2, 0) is 27.5 Å². The first-order valence-electron chi connectivity index (χ1n) is 9.35. The number of benzene rings is 1. The molecule has 0 bridgehead atoms. The topological polar surface area (TPSA) is 76.1 Å². The van der Waals surface area contributed by atoms with Crippen LogP contribution in [0, 0.1) is 0 Å². The monoisotopic (exact) mass is 406 g/mol. The van der Waals surface area contributed by atoms with Crippen molar-refractivity contribution >= 4 is 27.1 Å². The van der Waals surface area contributed by atoms with Crippen LogP contribution in [0.5, 0.6) is 0 Å². The van der Waals surface area contributed by atoms with Crippen LogP contribution in [0.1, 0.15) is 67.4 Å². The molecular formula is C20H26N2O3S2. The van der Waals surface area contributed by atoms with E-state index in [0.717, 1.165) is 35.5 Å². The molecule has 0 aliphatic heterocycles. The molecule has 0 radical (unpaired) electrons. The van der Waals surface area contributed by atoms with Crippen molar-refractivity contribution in [1.82, 2.24) is 10.3 Å². The molecular weight excluding hydrogens is 380 g/mol. The zero-order valence-electron chi connectivity index (χ0n) is 16.0. The summed E-state index contributed by atoms with van der Waals surface area (Å²) in [7, 11) is -3.46. The number of sulfone groups is 1. The van der Waals surface area contributed by atoms with Gasteiger partial charge in [0.25, 0.3) is 0 Å². The Bertz CT molecular complexity index is 932. The summed E-state index contributed by atoms with van der Waals surface area (Å²) >= 11 is 1.58. The maximum Gasteiger partial charge on any atom is 0.221 e. The van der Waals surface area contributed by atoms with E-state index in [1.807, 2.05) is 18.4 Å². The lowest BCUT2D eigenvalue weighted by Gasteiger charge is -2.12. The van der Waals surface area contributed by atoms with E-state index in [4.69, 9.17) is 0 Å². The van der Waals surface area contributed by atoms with Crippen molar-refractivity contribution in [2.24, 2.45) is 0 Å². The molecule has 1 aliphatic carbocycles. The summed E-state index contributed by atoms with van der Waals surface area (Å²) in [6, 6.07) is 5.12. The number of fused-ring (bicyclic) bond motifs is 1. The summed E-state index contributed by atoms with van der Waals surface area (Å²) in [4.78, 5) is 17.1. The molecule has 0 fully saturated rings. The Balaban J connectivity index is 1.57. The molecule has 1 heterocycles. The summed E-state index contributed by atoms with van der Waals surface area (Å²) in [5, 5.41) is 5.83. The van der Waals surface area contributed by atoms with Crippen molar-refractivity contribution in [3.05, 3.63) is 45.4 Å². The van der Waals surface area contributed by atoms with Crippen molar-refractivity contribution in [3.8, 4) is 0 Å². The van der Waals surface area contributed by atoms with Gasteiger partial charge in [-0.1, -0.05) is 19.9 Å². The van der Waals surface area contributed by atoms with Crippen LogP contribution in [0.15, 0.2) is 28.5 Å². The largest absolute Gasteiger partial charge is 0.348 e. The van der Waals surface area contributed by atoms with Crippen LogP contribution in [0.25, 0.3) is 0 Å². The highest BCUT2D eigenvalue weighted by molar-refractivity contribution is 7.91. The predicted molar refractivity (Wildman–Crippen MR) is 108 cm³/mol. The fraction of sp³-hybridized carbons (Fsp3) is 0.500. The molecule has 27 heavy (non-hydrogen) atoms. The van der Waals surface area contributed by atoms with E-state index >= 15 is 0 Å². The van der Waals surface area contributed by atoms with Crippen LogP contribution in [0.3, 0.4) is 0 Å². The van der Waals surface area contributed by atoms with Crippen molar-refractivity contribution in [3.63, 3.8) is 0 Å². The number of carbonyl (C=O) groups excluding carboxylic acids is 1. The Morgan fingerprint density at radius 3 is 2.67 bits per heavy atom. The maximum absolute atomic E-state index is 12.6. The number of hydrogen-bond acceptors (Lipinski definition) is 5. The lowest BCUT2D eigenvalue weighted by molar-refractivity contribution is -0.121. The van der Waals surface area contributed by atoms with E-state index in [-0.39, 0.29) is 24.1 Å². The van der Waals surface area contributed by atoms with Crippen LogP contribution in [0.2, 0.25) is 0 Å². The normalized spacial score (nSPS) is 15.0. The van der Waals surface area contributed by atoms with Crippen molar-refractivity contribution in [2.45, 2.75) is 63.3 Å². The zero-order valence-corrected chi connectivity index (χ0v) is 17.6. The second kappa shape index (κ2) is 8.10. The predicted octanol–water partition coefficient (Wildman–Crippen LogP) is 3.80. The highest BCUT2D eigenvalue weighted by Gasteiger charge is 2.21. The van der Waals surface area contributed by atoms with Gasteiger partial charge in [0.2, 0.25) is 5.91 Å². The molecule has 7 heteroatoms. The Labute approximate surface area is 165 Å². The fourth-order valence-corrected chi connectivity index (χ4v) is 5.45. The van der Waals surface area contributed by atoms with Gasteiger partial charge in [-0.2, -0.15) is 0 Å². The molecule has 5 nitrogen and oxygen atoms in total. The van der Waals surface area contributed by atoms with Gasteiger partial charge in [0, 0.05) is 17.7 Å². The third-order valence-corrected chi connectivity index (χ3v) is 7.76. The molecule has 3 rings (SSSR count). The first-order valence-corrected chi connectivity index (χ1v) is 11.9. The summed E-state index contributed by atoms with van der Waals surface area (Å²) in [5.74, 6) is -0.103. The van der Waals surface area contributed by atoms with Crippen LogP contribution in [0.4, 0.5) is 0 Å². The number of aromatic nitrogens is 1. The third kappa shape index (κ3) is 4.76. The molecule has 0 spiro atoms. The third-order valence-electron chi connectivity index (χ3n) is 4.88. The smallest absolute Gasteiger partial charge is 0.221 e. The summed E-state index contributed by atoms with van der Waals surface area (Å²) in [6.07, 6.45) is 2.98. The van der Waals surface area contributed by atoms with E-state index in [9.17, 15) is 13.2 Å². The molecule has 1 unspecified atom stereocenters. The second-order valence-corrected chi connectivity index (χ2v) is 10.4. The molecule has 1 amide bonds. The molecule has 0 saturated heterocycles. The minimum atomic E-state index is -3.46. The Hall–Kier alpha value is -1.73. The standard InChI is InChI=1S/C20H26N2O3S2/c1-13(2)20-22-18(12-26-20)14(3)21-19(23)9-10-27(24,25)17-8-7-15-5-4-6-16(15)11-17/h7-8,11-14H,4-6,9-10H2,1-3H3,(H,21,23). The van der Waals surface area contributed by atoms with Gasteiger partial charge in [-0.05, 0) is 49.4 Å². The number of thiazole rings is 1. The molecule has 0 saturated carbocycles. The van der Waals surface area contributed by atoms with Gasteiger partial charge < -0.3 is 5.32 Å². The quantitative estimate of drug-likeness (QED) is 0.759. The number of amides is 1. The first kappa shape index (κ1) is 20.0. The van der Waals surface area contributed by atoms with Crippen LogP contribution < -0.4 is 5.32 Å². The molecule has 1 aliphatic rings. The SMILES string of the molecule is CC(C)c1nc(C(C)NC(=O)CCS(=O)(=O)c2ccc3c(c2)CCC3)cs1. The summed E-state index contributed by atoms with van der Waals surface area (Å²) in [6.45, 7) is 6.03. The van der Waals surface area contributed by atoms with Gasteiger partial charge in [-0.25, -0.2) is 13.4 Å². The number of aryl methyl sites for hydroxylation is 2. The van der Waals surface area contributed by atoms with Crippen molar-refractivity contribution < 1.29 is 13.2 Å². The summed E-state index contributed by atoms with van der Waals surface area (Å²) in [5.41, 5.74) is 3.18. The highest BCUT2D eigenvalue weighted by atomic mass is 32.2. The van der Waals surface area contributed by atoms with E-state index in [0.29, 0.717) is 10.8 Å². The molecule has 1 aromatic carbocycles. The lowest BCUT2D eigenvalue weighted by atomic mass is 10.1.